The normalized spacial score (nSPS) is 18.2. The van der Waals surface area contributed by atoms with E-state index in [4.69, 9.17) is 4.74 Å². The zero-order valence-electron chi connectivity index (χ0n) is 14.8. The van der Waals surface area contributed by atoms with E-state index < -0.39 is 0 Å². The third kappa shape index (κ3) is 5.53. The van der Waals surface area contributed by atoms with Crippen LogP contribution in [0.4, 0.5) is 10.6 Å². The number of hydrogen-bond acceptors (Lipinski definition) is 3. The number of amides is 2. The van der Waals surface area contributed by atoms with Gasteiger partial charge in [-0.15, -0.1) is 0 Å². The molecule has 1 aliphatic heterocycles. The second kappa shape index (κ2) is 7.81. The van der Waals surface area contributed by atoms with Crippen molar-refractivity contribution in [3.63, 3.8) is 0 Å². The van der Waals surface area contributed by atoms with E-state index in [1.807, 2.05) is 13.1 Å². The molecule has 0 aromatic carbocycles. The Morgan fingerprint density at radius 3 is 2.83 bits per heavy atom. The molecule has 0 radical (unpaired) electrons. The van der Waals surface area contributed by atoms with E-state index in [-0.39, 0.29) is 11.4 Å². The van der Waals surface area contributed by atoms with Gasteiger partial charge >= 0.3 is 6.03 Å². The number of carbonyl (C=O) groups is 1. The Hall–Kier alpha value is -1.56. The first kappa shape index (κ1) is 17.8. The lowest BCUT2D eigenvalue weighted by molar-refractivity contribution is 0.102. The van der Waals surface area contributed by atoms with Gasteiger partial charge in [0.2, 0.25) is 0 Å². The molecule has 6 heteroatoms. The Bertz CT molecular complexity index is 513. The highest BCUT2D eigenvalue weighted by molar-refractivity contribution is 5.88. The van der Waals surface area contributed by atoms with Crippen molar-refractivity contribution in [1.82, 2.24) is 15.1 Å². The molecular formula is C17H30N4O2. The summed E-state index contributed by atoms with van der Waals surface area (Å²) < 4.78 is 7.30. The molecule has 130 valence electrons. The third-order valence-corrected chi connectivity index (χ3v) is 4.15. The number of hydrogen-bond donors (Lipinski definition) is 2. The first-order chi connectivity index (χ1) is 10.9. The number of unbranched alkanes of at least 4 members (excludes halogenated alkanes) is 1. The number of carbonyl (C=O) groups excluding carboxylic acids is 1. The molecule has 0 saturated carbocycles. The maximum Gasteiger partial charge on any atom is 0.320 e. The van der Waals surface area contributed by atoms with Crippen molar-refractivity contribution in [2.45, 2.75) is 64.4 Å². The Morgan fingerprint density at radius 1 is 1.43 bits per heavy atom. The van der Waals surface area contributed by atoms with Crippen molar-refractivity contribution in [3.8, 4) is 0 Å². The molecule has 0 spiro atoms. The highest BCUT2D eigenvalue weighted by atomic mass is 16.5. The summed E-state index contributed by atoms with van der Waals surface area (Å²) in [6.07, 6.45) is 5.97. The summed E-state index contributed by atoms with van der Waals surface area (Å²) in [5, 5.41) is 10.2. The molecule has 1 aromatic rings. The molecule has 2 N–H and O–H groups in total. The summed E-state index contributed by atoms with van der Waals surface area (Å²) in [5.41, 5.74) is 0.933. The van der Waals surface area contributed by atoms with E-state index in [1.165, 1.54) is 12.8 Å². The molecule has 0 unspecified atom stereocenters. The molecule has 23 heavy (non-hydrogen) atoms. The van der Waals surface area contributed by atoms with E-state index in [1.54, 1.807) is 4.68 Å². The van der Waals surface area contributed by atoms with Gasteiger partial charge in [-0.3, -0.25) is 10.00 Å². The van der Waals surface area contributed by atoms with Crippen LogP contribution >= 0.6 is 0 Å². The molecule has 1 saturated heterocycles. The Labute approximate surface area is 139 Å². The Kier molecular flexibility index (Phi) is 6.04. The summed E-state index contributed by atoms with van der Waals surface area (Å²) in [7, 11) is 1.84. The van der Waals surface area contributed by atoms with Crippen LogP contribution < -0.4 is 10.6 Å². The molecule has 2 heterocycles. The van der Waals surface area contributed by atoms with E-state index in [2.05, 4.69) is 36.5 Å². The highest BCUT2D eigenvalue weighted by Gasteiger charge is 2.19. The Morgan fingerprint density at radius 2 is 2.22 bits per heavy atom. The second-order valence-corrected chi connectivity index (χ2v) is 7.30. The zero-order valence-corrected chi connectivity index (χ0v) is 14.8. The van der Waals surface area contributed by atoms with Gasteiger partial charge in [0.05, 0.1) is 11.8 Å². The average Bonchev–Trinajstić information content (AvgIpc) is 3.08. The summed E-state index contributed by atoms with van der Waals surface area (Å²) >= 11 is 0. The van der Waals surface area contributed by atoms with Crippen LogP contribution in [0, 0.1) is 0 Å². The lowest BCUT2D eigenvalue weighted by atomic mass is 9.92. The lowest BCUT2D eigenvalue weighted by Crippen LogP contribution is -2.30. The van der Waals surface area contributed by atoms with E-state index in [0.29, 0.717) is 18.5 Å². The second-order valence-electron chi connectivity index (χ2n) is 7.30. The maximum atomic E-state index is 12.0. The fourth-order valence-electron chi connectivity index (χ4n) is 2.68. The van der Waals surface area contributed by atoms with Crippen LogP contribution in [0.2, 0.25) is 0 Å². The van der Waals surface area contributed by atoms with E-state index >= 15 is 0 Å². The SMILES string of the molecule is Cn1nc(C(C)(C)C)cc1NC(=O)NCCCC[C@@H]1CCCO1. The van der Waals surface area contributed by atoms with Gasteiger partial charge in [0.25, 0.3) is 0 Å². The van der Waals surface area contributed by atoms with Crippen molar-refractivity contribution >= 4 is 11.8 Å². The molecule has 0 aliphatic carbocycles. The van der Waals surface area contributed by atoms with Gasteiger partial charge in [0, 0.05) is 31.7 Å². The fraction of sp³-hybridized carbons (Fsp3) is 0.765. The number of rotatable bonds is 6. The average molecular weight is 322 g/mol. The highest BCUT2D eigenvalue weighted by Crippen LogP contribution is 2.23. The predicted octanol–water partition coefficient (Wildman–Crippen LogP) is 3.19. The Balaban J connectivity index is 1.67. The topological polar surface area (TPSA) is 68.2 Å². The number of nitrogens with zero attached hydrogens (tertiary/aromatic N) is 2. The molecule has 0 bridgehead atoms. The predicted molar refractivity (Wildman–Crippen MR) is 91.8 cm³/mol. The van der Waals surface area contributed by atoms with Gasteiger partial charge in [-0.05, 0) is 32.1 Å². The van der Waals surface area contributed by atoms with Crippen molar-refractivity contribution in [2.24, 2.45) is 7.05 Å². The quantitative estimate of drug-likeness (QED) is 0.790. The summed E-state index contributed by atoms with van der Waals surface area (Å²) in [6.45, 7) is 7.91. The first-order valence-electron chi connectivity index (χ1n) is 8.57. The van der Waals surface area contributed by atoms with Gasteiger partial charge in [-0.25, -0.2) is 4.79 Å². The van der Waals surface area contributed by atoms with Crippen LogP contribution in [-0.2, 0) is 17.2 Å². The molecule has 1 aromatic heterocycles. The monoisotopic (exact) mass is 322 g/mol. The molecule has 2 amide bonds. The van der Waals surface area contributed by atoms with Gasteiger partial charge in [-0.1, -0.05) is 20.8 Å². The van der Waals surface area contributed by atoms with Crippen molar-refractivity contribution in [3.05, 3.63) is 11.8 Å². The maximum absolute atomic E-state index is 12.0. The van der Waals surface area contributed by atoms with Crippen LogP contribution in [0.5, 0.6) is 0 Å². The summed E-state index contributed by atoms with van der Waals surface area (Å²) in [4.78, 5) is 12.0. The van der Waals surface area contributed by atoms with Crippen molar-refractivity contribution < 1.29 is 9.53 Å². The molecule has 6 nitrogen and oxygen atoms in total. The van der Waals surface area contributed by atoms with Crippen molar-refractivity contribution in [2.75, 3.05) is 18.5 Å². The van der Waals surface area contributed by atoms with Crippen LogP contribution in [0.3, 0.4) is 0 Å². The smallest absolute Gasteiger partial charge is 0.320 e. The minimum Gasteiger partial charge on any atom is -0.378 e. The van der Waals surface area contributed by atoms with Crippen LogP contribution in [-0.4, -0.2) is 35.1 Å². The number of urea groups is 1. The molecular weight excluding hydrogens is 292 g/mol. The molecule has 1 atom stereocenters. The van der Waals surface area contributed by atoms with Gasteiger partial charge < -0.3 is 10.1 Å². The number of aryl methyl sites for hydroxylation is 1. The summed E-state index contributed by atoms with van der Waals surface area (Å²) in [5.74, 6) is 0.715. The first-order valence-corrected chi connectivity index (χ1v) is 8.57. The van der Waals surface area contributed by atoms with Crippen LogP contribution in [0.25, 0.3) is 0 Å². The molecule has 1 aliphatic rings. The number of aromatic nitrogens is 2. The number of ether oxygens (including phenoxy) is 1. The standard InChI is InChI=1S/C17H30N4O2/c1-17(2,3)14-12-15(21(4)20-14)19-16(22)18-10-6-5-8-13-9-7-11-23-13/h12-13H,5-11H2,1-4H3,(H2,18,19,22)/t13-/m1/s1. The third-order valence-electron chi connectivity index (χ3n) is 4.15. The number of anilines is 1. The van der Waals surface area contributed by atoms with Gasteiger partial charge in [0.15, 0.2) is 0 Å². The van der Waals surface area contributed by atoms with Gasteiger partial charge in [-0.2, -0.15) is 5.10 Å². The van der Waals surface area contributed by atoms with Crippen molar-refractivity contribution in [1.29, 1.82) is 0 Å². The summed E-state index contributed by atoms with van der Waals surface area (Å²) in [6, 6.07) is 1.75. The minimum absolute atomic E-state index is 0.0313. The minimum atomic E-state index is -0.175. The largest absolute Gasteiger partial charge is 0.378 e. The van der Waals surface area contributed by atoms with Gasteiger partial charge in [0.1, 0.15) is 5.82 Å². The van der Waals surface area contributed by atoms with E-state index in [9.17, 15) is 4.79 Å². The van der Waals surface area contributed by atoms with Crippen LogP contribution in [0.15, 0.2) is 6.07 Å². The lowest BCUT2D eigenvalue weighted by Gasteiger charge is -2.13. The fourth-order valence-corrected chi connectivity index (χ4v) is 2.68. The van der Waals surface area contributed by atoms with Crippen LogP contribution in [0.1, 0.15) is 58.6 Å². The molecule has 1 fully saturated rings. The number of nitrogens with one attached hydrogen (secondary N) is 2. The van der Waals surface area contributed by atoms with E-state index in [0.717, 1.165) is 31.6 Å². The zero-order chi connectivity index (χ0) is 16.9. The molecule has 2 rings (SSSR count).